The van der Waals surface area contributed by atoms with E-state index in [2.05, 4.69) is 0 Å². The molecule has 2 aromatic rings. The first-order valence-electron chi connectivity index (χ1n) is 8.22. The standard InChI is InChI=1S/C20H19NO4/c1-14-4-2-5-16(12-14)20(24)25-13-18(22)15-7-9-17(10-8-15)21-11-3-6-19(21)23/h2,4-5,7-10,12H,3,6,11,13H2,1H3. The summed E-state index contributed by atoms with van der Waals surface area (Å²) in [6, 6.07) is 13.8. The lowest BCUT2D eigenvalue weighted by Crippen LogP contribution is -2.23. The van der Waals surface area contributed by atoms with Crippen molar-refractivity contribution in [2.45, 2.75) is 19.8 Å². The van der Waals surface area contributed by atoms with Gasteiger partial charge in [-0.05, 0) is 49.7 Å². The number of benzene rings is 2. The Morgan fingerprint density at radius 2 is 1.84 bits per heavy atom. The maximum Gasteiger partial charge on any atom is 0.338 e. The largest absolute Gasteiger partial charge is 0.454 e. The summed E-state index contributed by atoms with van der Waals surface area (Å²) in [5.41, 5.74) is 2.62. The number of hydrogen-bond acceptors (Lipinski definition) is 4. The van der Waals surface area contributed by atoms with Gasteiger partial charge in [-0.15, -0.1) is 0 Å². The average molecular weight is 337 g/mol. The summed E-state index contributed by atoms with van der Waals surface area (Å²) in [5, 5.41) is 0. The molecule has 25 heavy (non-hydrogen) atoms. The molecule has 1 amide bonds. The van der Waals surface area contributed by atoms with Crippen LogP contribution in [0.3, 0.4) is 0 Å². The van der Waals surface area contributed by atoms with Crippen LogP contribution in [0.4, 0.5) is 5.69 Å². The van der Waals surface area contributed by atoms with E-state index >= 15 is 0 Å². The lowest BCUT2D eigenvalue weighted by atomic mass is 10.1. The van der Waals surface area contributed by atoms with E-state index in [1.54, 1.807) is 47.4 Å². The lowest BCUT2D eigenvalue weighted by Gasteiger charge is -2.15. The van der Waals surface area contributed by atoms with Gasteiger partial charge in [-0.2, -0.15) is 0 Å². The van der Waals surface area contributed by atoms with E-state index in [1.165, 1.54) is 0 Å². The Labute approximate surface area is 146 Å². The summed E-state index contributed by atoms with van der Waals surface area (Å²) in [6.07, 6.45) is 1.42. The first kappa shape index (κ1) is 16.9. The Morgan fingerprint density at radius 1 is 1.08 bits per heavy atom. The van der Waals surface area contributed by atoms with Crippen molar-refractivity contribution in [2.24, 2.45) is 0 Å². The van der Waals surface area contributed by atoms with Crippen LogP contribution in [0.15, 0.2) is 48.5 Å². The number of aryl methyl sites for hydroxylation is 1. The number of ketones is 1. The highest BCUT2D eigenvalue weighted by Gasteiger charge is 2.21. The second kappa shape index (κ2) is 7.30. The number of carbonyl (C=O) groups is 3. The summed E-state index contributed by atoms with van der Waals surface area (Å²) >= 11 is 0. The lowest BCUT2D eigenvalue weighted by molar-refractivity contribution is -0.117. The van der Waals surface area contributed by atoms with Crippen LogP contribution < -0.4 is 4.90 Å². The quantitative estimate of drug-likeness (QED) is 0.621. The third-order valence-electron chi connectivity index (χ3n) is 4.16. The molecule has 0 N–H and O–H groups in total. The summed E-state index contributed by atoms with van der Waals surface area (Å²) in [5.74, 6) is -0.692. The van der Waals surface area contributed by atoms with Crippen LogP contribution in [-0.2, 0) is 9.53 Å². The van der Waals surface area contributed by atoms with Crippen LogP contribution in [0, 0.1) is 6.92 Å². The highest BCUT2D eigenvalue weighted by atomic mass is 16.5. The van der Waals surface area contributed by atoms with E-state index in [1.807, 2.05) is 13.0 Å². The Hall–Kier alpha value is -2.95. The molecule has 0 unspecified atom stereocenters. The van der Waals surface area contributed by atoms with E-state index in [-0.39, 0.29) is 18.3 Å². The second-order valence-corrected chi connectivity index (χ2v) is 6.06. The van der Waals surface area contributed by atoms with Gasteiger partial charge in [0.2, 0.25) is 5.91 Å². The average Bonchev–Trinajstić information content (AvgIpc) is 3.05. The molecule has 2 aromatic carbocycles. The molecule has 0 atom stereocenters. The van der Waals surface area contributed by atoms with Gasteiger partial charge >= 0.3 is 5.97 Å². The highest BCUT2D eigenvalue weighted by Crippen LogP contribution is 2.21. The molecule has 0 saturated carbocycles. The number of ether oxygens (including phenoxy) is 1. The Kier molecular flexibility index (Phi) is 4.93. The highest BCUT2D eigenvalue weighted by molar-refractivity contribution is 6.00. The predicted molar refractivity (Wildman–Crippen MR) is 93.8 cm³/mol. The minimum atomic E-state index is -0.517. The Balaban J connectivity index is 1.59. The minimum Gasteiger partial charge on any atom is -0.454 e. The van der Waals surface area contributed by atoms with Crippen molar-refractivity contribution in [2.75, 3.05) is 18.1 Å². The second-order valence-electron chi connectivity index (χ2n) is 6.06. The Morgan fingerprint density at radius 3 is 2.48 bits per heavy atom. The molecule has 0 spiro atoms. The van der Waals surface area contributed by atoms with Crippen molar-refractivity contribution in [1.29, 1.82) is 0 Å². The van der Waals surface area contributed by atoms with Gasteiger partial charge in [0.1, 0.15) is 0 Å². The van der Waals surface area contributed by atoms with Gasteiger partial charge in [0.25, 0.3) is 0 Å². The number of esters is 1. The molecule has 0 radical (unpaired) electrons. The van der Waals surface area contributed by atoms with Crippen molar-refractivity contribution < 1.29 is 19.1 Å². The molecule has 5 heteroatoms. The van der Waals surface area contributed by atoms with Gasteiger partial charge in [0, 0.05) is 24.2 Å². The fourth-order valence-electron chi connectivity index (χ4n) is 2.82. The molecular formula is C20H19NO4. The molecule has 3 rings (SSSR count). The van der Waals surface area contributed by atoms with Gasteiger partial charge < -0.3 is 9.64 Å². The summed E-state index contributed by atoms with van der Waals surface area (Å²) in [4.78, 5) is 37.6. The summed E-state index contributed by atoms with van der Waals surface area (Å²) in [7, 11) is 0. The van der Waals surface area contributed by atoms with Gasteiger partial charge in [-0.3, -0.25) is 9.59 Å². The topological polar surface area (TPSA) is 63.7 Å². The van der Waals surface area contributed by atoms with Crippen molar-refractivity contribution in [3.63, 3.8) is 0 Å². The van der Waals surface area contributed by atoms with Gasteiger partial charge in [0.15, 0.2) is 12.4 Å². The number of carbonyl (C=O) groups excluding carboxylic acids is 3. The van der Waals surface area contributed by atoms with Crippen LogP contribution in [0.1, 0.15) is 39.1 Å². The number of rotatable bonds is 5. The molecule has 0 bridgehead atoms. The number of Topliss-reactive ketones (excluding diaryl/α,β-unsaturated/α-hetero) is 1. The van der Waals surface area contributed by atoms with Crippen LogP contribution in [0.5, 0.6) is 0 Å². The third kappa shape index (κ3) is 3.94. The number of nitrogens with zero attached hydrogens (tertiary/aromatic N) is 1. The molecule has 1 aliphatic heterocycles. The van der Waals surface area contributed by atoms with E-state index in [0.717, 1.165) is 17.7 Å². The Bertz CT molecular complexity index is 811. The predicted octanol–water partition coefficient (Wildman–Crippen LogP) is 3.16. The summed E-state index contributed by atoms with van der Waals surface area (Å²) in [6.45, 7) is 2.28. The van der Waals surface area contributed by atoms with Gasteiger partial charge in [-0.25, -0.2) is 4.79 Å². The van der Waals surface area contributed by atoms with E-state index in [4.69, 9.17) is 4.74 Å². The van der Waals surface area contributed by atoms with Crippen LogP contribution in [-0.4, -0.2) is 30.8 Å². The SMILES string of the molecule is Cc1cccc(C(=O)OCC(=O)c2ccc(N3CCCC3=O)cc2)c1. The van der Waals surface area contributed by atoms with E-state index in [0.29, 0.717) is 24.1 Å². The number of anilines is 1. The van der Waals surface area contributed by atoms with Crippen molar-refractivity contribution in [3.05, 3.63) is 65.2 Å². The molecule has 1 fully saturated rings. The molecule has 1 aliphatic rings. The van der Waals surface area contributed by atoms with E-state index in [9.17, 15) is 14.4 Å². The first-order chi connectivity index (χ1) is 12.0. The molecule has 128 valence electrons. The van der Waals surface area contributed by atoms with Crippen molar-refractivity contribution in [3.8, 4) is 0 Å². The zero-order valence-electron chi connectivity index (χ0n) is 14.0. The molecule has 0 aromatic heterocycles. The molecule has 1 heterocycles. The first-order valence-corrected chi connectivity index (χ1v) is 8.22. The molecular weight excluding hydrogens is 318 g/mol. The molecule has 0 aliphatic carbocycles. The van der Waals surface area contributed by atoms with Gasteiger partial charge in [0.05, 0.1) is 5.56 Å². The fourth-order valence-corrected chi connectivity index (χ4v) is 2.82. The normalized spacial score (nSPS) is 13.8. The van der Waals surface area contributed by atoms with Crippen LogP contribution in [0.25, 0.3) is 0 Å². The smallest absolute Gasteiger partial charge is 0.338 e. The third-order valence-corrected chi connectivity index (χ3v) is 4.16. The molecule has 5 nitrogen and oxygen atoms in total. The van der Waals surface area contributed by atoms with Gasteiger partial charge in [-0.1, -0.05) is 17.7 Å². The maximum absolute atomic E-state index is 12.2. The van der Waals surface area contributed by atoms with E-state index < -0.39 is 5.97 Å². The minimum absolute atomic E-state index is 0.103. The monoisotopic (exact) mass is 337 g/mol. The maximum atomic E-state index is 12.2. The van der Waals surface area contributed by atoms with Crippen molar-refractivity contribution >= 4 is 23.3 Å². The van der Waals surface area contributed by atoms with Crippen molar-refractivity contribution in [1.82, 2.24) is 0 Å². The summed E-state index contributed by atoms with van der Waals surface area (Å²) < 4.78 is 5.09. The zero-order chi connectivity index (χ0) is 17.8. The number of amides is 1. The fraction of sp³-hybridized carbons (Fsp3) is 0.250. The zero-order valence-corrected chi connectivity index (χ0v) is 14.0. The van der Waals surface area contributed by atoms with Crippen LogP contribution >= 0.6 is 0 Å². The van der Waals surface area contributed by atoms with Crippen LogP contribution in [0.2, 0.25) is 0 Å². The molecule has 1 saturated heterocycles. The number of hydrogen-bond donors (Lipinski definition) is 0.